The van der Waals surface area contributed by atoms with Crippen molar-refractivity contribution in [2.24, 2.45) is 0 Å². The summed E-state index contributed by atoms with van der Waals surface area (Å²) in [6.07, 6.45) is 0. The minimum Gasteiger partial charge on any atom is -0.508 e. The molecule has 2 N–H and O–H groups in total. The van der Waals surface area contributed by atoms with Crippen LogP contribution in [0.2, 0.25) is 0 Å². The van der Waals surface area contributed by atoms with Crippen molar-refractivity contribution in [3.63, 3.8) is 0 Å². The molecule has 0 aliphatic rings. The monoisotopic (exact) mass is 209 g/mol. The molecule has 82 valence electrons. The third kappa shape index (κ3) is 3.25. The molecule has 1 unspecified atom stereocenters. The van der Waals surface area contributed by atoms with E-state index in [1.807, 2.05) is 19.1 Å². The number of hydrogen-bond donors (Lipinski definition) is 2. The fourth-order valence-corrected chi connectivity index (χ4v) is 1.27. The highest BCUT2D eigenvalue weighted by molar-refractivity contribution is 5.71. The van der Waals surface area contributed by atoms with Gasteiger partial charge in [0.05, 0.1) is 13.7 Å². The van der Waals surface area contributed by atoms with Crippen LogP contribution in [0.4, 0.5) is 0 Å². The fraction of sp³-hybridized carbons (Fsp3) is 0.364. The molecule has 0 heterocycles. The standard InChI is InChI=1S/C11H15NO3/c1-8(12-7-11(14)15-2)9-5-3-4-6-10(9)13/h3-6,8,12-13H,7H2,1-2H3. The van der Waals surface area contributed by atoms with E-state index < -0.39 is 0 Å². The highest BCUT2D eigenvalue weighted by Crippen LogP contribution is 2.22. The topological polar surface area (TPSA) is 58.6 Å². The van der Waals surface area contributed by atoms with Gasteiger partial charge in [-0.1, -0.05) is 18.2 Å². The number of nitrogens with one attached hydrogen (secondary N) is 1. The van der Waals surface area contributed by atoms with Crippen LogP contribution in [0.25, 0.3) is 0 Å². The van der Waals surface area contributed by atoms with Gasteiger partial charge in [0, 0.05) is 11.6 Å². The Morgan fingerprint density at radius 2 is 2.20 bits per heavy atom. The number of methoxy groups -OCH3 is 1. The number of carbonyl (C=O) groups is 1. The van der Waals surface area contributed by atoms with Gasteiger partial charge < -0.3 is 15.2 Å². The lowest BCUT2D eigenvalue weighted by molar-refractivity contribution is -0.139. The van der Waals surface area contributed by atoms with Crippen molar-refractivity contribution in [1.29, 1.82) is 0 Å². The summed E-state index contributed by atoms with van der Waals surface area (Å²) in [5.41, 5.74) is 0.765. The van der Waals surface area contributed by atoms with Crippen LogP contribution >= 0.6 is 0 Å². The lowest BCUT2D eigenvalue weighted by Crippen LogP contribution is -2.26. The molecule has 1 atom stereocenters. The third-order valence-electron chi connectivity index (χ3n) is 2.18. The van der Waals surface area contributed by atoms with Crippen molar-refractivity contribution < 1.29 is 14.6 Å². The minimum atomic E-state index is -0.322. The molecule has 0 saturated carbocycles. The Balaban J connectivity index is 2.57. The smallest absolute Gasteiger partial charge is 0.319 e. The number of ether oxygens (including phenoxy) is 1. The van der Waals surface area contributed by atoms with Gasteiger partial charge in [-0.05, 0) is 13.0 Å². The number of phenolic OH excluding ortho intramolecular Hbond substituents is 1. The average Bonchev–Trinajstić information content (AvgIpc) is 2.26. The van der Waals surface area contributed by atoms with Crippen LogP contribution in [0.15, 0.2) is 24.3 Å². The molecule has 4 heteroatoms. The fourth-order valence-electron chi connectivity index (χ4n) is 1.27. The largest absolute Gasteiger partial charge is 0.508 e. The first kappa shape index (κ1) is 11.5. The van der Waals surface area contributed by atoms with E-state index in [1.54, 1.807) is 12.1 Å². The van der Waals surface area contributed by atoms with Gasteiger partial charge in [-0.25, -0.2) is 0 Å². The molecule has 0 bridgehead atoms. The van der Waals surface area contributed by atoms with Crippen molar-refractivity contribution >= 4 is 5.97 Å². The molecule has 1 rings (SSSR count). The summed E-state index contributed by atoms with van der Waals surface area (Å²) >= 11 is 0. The normalized spacial score (nSPS) is 12.1. The number of phenols is 1. The highest BCUT2D eigenvalue weighted by atomic mass is 16.5. The van der Waals surface area contributed by atoms with Gasteiger partial charge in [0.2, 0.25) is 0 Å². The molecule has 15 heavy (non-hydrogen) atoms. The number of benzene rings is 1. The zero-order valence-electron chi connectivity index (χ0n) is 8.86. The highest BCUT2D eigenvalue weighted by Gasteiger charge is 2.10. The molecule has 0 amide bonds. The predicted octanol–water partition coefficient (Wildman–Crippen LogP) is 1.22. The summed E-state index contributed by atoms with van der Waals surface area (Å²) in [5, 5.41) is 12.5. The average molecular weight is 209 g/mol. The lowest BCUT2D eigenvalue weighted by Gasteiger charge is -2.14. The Morgan fingerprint density at radius 1 is 1.53 bits per heavy atom. The van der Waals surface area contributed by atoms with Crippen LogP contribution < -0.4 is 5.32 Å². The molecule has 0 spiro atoms. The van der Waals surface area contributed by atoms with Gasteiger partial charge in [0.25, 0.3) is 0 Å². The molecule has 0 saturated heterocycles. The Morgan fingerprint density at radius 3 is 2.80 bits per heavy atom. The van der Waals surface area contributed by atoms with Crippen molar-refractivity contribution in [3.05, 3.63) is 29.8 Å². The van der Waals surface area contributed by atoms with Gasteiger partial charge in [-0.15, -0.1) is 0 Å². The summed E-state index contributed by atoms with van der Waals surface area (Å²) in [5.74, 6) is -0.0976. The van der Waals surface area contributed by atoms with Crippen LogP contribution in [-0.4, -0.2) is 24.7 Å². The van der Waals surface area contributed by atoms with Crippen LogP contribution in [-0.2, 0) is 9.53 Å². The Bertz CT molecular complexity index is 338. The third-order valence-corrected chi connectivity index (χ3v) is 2.18. The minimum absolute atomic E-state index is 0.0923. The number of esters is 1. The van der Waals surface area contributed by atoms with E-state index in [0.29, 0.717) is 0 Å². The van der Waals surface area contributed by atoms with Gasteiger partial charge in [0.1, 0.15) is 5.75 Å². The van der Waals surface area contributed by atoms with E-state index in [-0.39, 0.29) is 24.3 Å². The van der Waals surface area contributed by atoms with E-state index in [0.717, 1.165) is 5.56 Å². The van der Waals surface area contributed by atoms with E-state index >= 15 is 0 Å². The predicted molar refractivity (Wildman–Crippen MR) is 56.5 cm³/mol. The zero-order valence-corrected chi connectivity index (χ0v) is 8.86. The number of para-hydroxylation sites is 1. The molecular weight excluding hydrogens is 194 g/mol. The van der Waals surface area contributed by atoms with E-state index in [9.17, 15) is 9.90 Å². The first-order chi connectivity index (χ1) is 7.15. The molecular formula is C11H15NO3. The van der Waals surface area contributed by atoms with Crippen molar-refractivity contribution in [2.75, 3.05) is 13.7 Å². The molecule has 0 fully saturated rings. The van der Waals surface area contributed by atoms with Crippen LogP contribution in [0.1, 0.15) is 18.5 Å². The molecule has 1 aromatic carbocycles. The summed E-state index contributed by atoms with van der Waals surface area (Å²) in [7, 11) is 1.34. The summed E-state index contributed by atoms with van der Waals surface area (Å²) in [6, 6.07) is 6.93. The van der Waals surface area contributed by atoms with E-state index in [2.05, 4.69) is 10.1 Å². The lowest BCUT2D eigenvalue weighted by atomic mass is 10.1. The molecule has 0 aliphatic heterocycles. The van der Waals surface area contributed by atoms with Crippen molar-refractivity contribution in [3.8, 4) is 5.75 Å². The quantitative estimate of drug-likeness (QED) is 0.732. The summed E-state index contributed by atoms with van der Waals surface area (Å²) < 4.78 is 4.50. The molecule has 1 aromatic rings. The van der Waals surface area contributed by atoms with Gasteiger partial charge >= 0.3 is 5.97 Å². The number of carbonyl (C=O) groups excluding carboxylic acids is 1. The van der Waals surface area contributed by atoms with Gasteiger partial charge in [0.15, 0.2) is 0 Å². The number of hydrogen-bond acceptors (Lipinski definition) is 4. The van der Waals surface area contributed by atoms with Crippen LogP contribution in [0.3, 0.4) is 0 Å². The maximum Gasteiger partial charge on any atom is 0.319 e. The van der Waals surface area contributed by atoms with Gasteiger partial charge in [-0.2, -0.15) is 0 Å². The maximum atomic E-state index is 10.9. The Labute approximate surface area is 88.9 Å². The summed E-state index contributed by atoms with van der Waals surface area (Å²) in [4.78, 5) is 10.9. The van der Waals surface area contributed by atoms with Crippen molar-refractivity contribution in [1.82, 2.24) is 5.32 Å². The number of rotatable bonds is 4. The molecule has 0 radical (unpaired) electrons. The Kier molecular flexibility index (Phi) is 4.12. The summed E-state index contributed by atoms with van der Waals surface area (Å²) in [6.45, 7) is 2.00. The Hall–Kier alpha value is -1.55. The molecule has 4 nitrogen and oxygen atoms in total. The van der Waals surface area contributed by atoms with Gasteiger partial charge in [-0.3, -0.25) is 4.79 Å². The second-order valence-corrected chi connectivity index (χ2v) is 3.24. The number of aromatic hydroxyl groups is 1. The van der Waals surface area contributed by atoms with Crippen LogP contribution in [0, 0.1) is 0 Å². The molecule has 0 aliphatic carbocycles. The van der Waals surface area contributed by atoms with E-state index in [1.165, 1.54) is 7.11 Å². The maximum absolute atomic E-state index is 10.9. The SMILES string of the molecule is COC(=O)CNC(C)c1ccccc1O. The van der Waals surface area contributed by atoms with Crippen LogP contribution in [0.5, 0.6) is 5.75 Å². The molecule has 0 aromatic heterocycles. The second kappa shape index (κ2) is 5.36. The second-order valence-electron chi connectivity index (χ2n) is 3.24. The first-order valence-electron chi connectivity index (χ1n) is 4.73. The first-order valence-corrected chi connectivity index (χ1v) is 4.73. The van der Waals surface area contributed by atoms with E-state index in [4.69, 9.17) is 0 Å². The van der Waals surface area contributed by atoms with Crippen molar-refractivity contribution in [2.45, 2.75) is 13.0 Å². The zero-order chi connectivity index (χ0) is 11.3.